The normalized spacial score (nSPS) is 30.0. The average Bonchev–Trinajstić information content (AvgIpc) is 3.11. The first-order chi connectivity index (χ1) is 14.5. The van der Waals surface area contributed by atoms with Crippen LogP contribution in [0, 0.1) is 5.92 Å². The summed E-state index contributed by atoms with van der Waals surface area (Å²) >= 11 is 13.1. The summed E-state index contributed by atoms with van der Waals surface area (Å²) in [6, 6.07) is 4.11. The molecular weight excluding hydrogens is 423 g/mol. The maximum atomic E-state index is 13.0. The predicted octanol–water partition coefficient (Wildman–Crippen LogP) is 4.53. The molecule has 1 aliphatic heterocycles. The molecule has 3 aliphatic rings. The molecule has 2 fully saturated rings. The third-order valence-corrected chi connectivity index (χ3v) is 7.16. The van der Waals surface area contributed by atoms with E-state index < -0.39 is 0 Å². The number of amides is 1. The third kappa shape index (κ3) is 5.08. The Hall–Kier alpha value is -1.40. The second-order valence-electron chi connectivity index (χ2n) is 8.50. The standard InChI is InChI=1S/C23H28Cl2N2O3/c24-21-11-19(30-14-15-2-1-8-26-13-15)12-22(25)20(21)10-16-7-9-27(23(16)29)17-3-5-18(28)6-4-17/h1-2,8,11,13,16-19,28H,3-7,9-10,12,14H2. The number of halogens is 2. The van der Waals surface area contributed by atoms with Crippen LogP contribution >= 0.6 is 23.2 Å². The maximum Gasteiger partial charge on any atom is 0.226 e. The summed E-state index contributed by atoms with van der Waals surface area (Å²) in [4.78, 5) is 19.1. The molecule has 1 N–H and O–H groups in total. The molecule has 5 nitrogen and oxygen atoms in total. The summed E-state index contributed by atoms with van der Waals surface area (Å²) < 4.78 is 5.94. The molecule has 2 atom stereocenters. The summed E-state index contributed by atoms with van der Waals surface area (Å²) in [6.07, 6.45) is 10.3. The van der Waals surface area contributed by atoms with Crippen molar-refractivity contribution in [2.45, 2.75) is 69.8 Å². The van der Waals surface area contributed by atoms with Gasteiger partial charge in [0.1, 0.15) is 0 Å². The SMILES string of the molecule is O=C1C(CC2=C(Cl)CC(OCc3cccnc3)C=C2Cl)CCN1C1CCC(O)CC1. The van der Waals surface area contributed by atoms with Crippen molar-refractivity contribution >= 4 is 29.1 Å². The highest BCUT2D eigenvalue weighted by atomic mass is 35.5. The minimum absolute atomic E-state index is 0.0735. The van der Waals surface area contributed by atoms with Crippen LogP contribution in [0.5, 0.6) is 0 Å². The summed E-state index contributed by atoms with van der Waals surface area (Å²) in [5.74, 6) is 0.128. The summed E-state index contributed by atoms with van der Waals surface area (Å²) in [6.45, 7) is 1.23. The first kappa shape index (κ1) is 21.8. The first-order valence-corrected chi connectivity index (χ1v) is 11.5. The van der Waals surface area contributed by atoms with Crippen LogP contribution in [0.2, 0.25) is 0 Å². The van der Waals surface area contributed by atoms with Crippen molar-refractivity contribution in [3.05, 3.63) is 51.8 Å². The fourth-order valence-electron chi connectivity index (χ4n) is 4.69. The van der Waals surface area contributed by atoms with Gasteiger partial charge in [-0.2, -0.15) is 0 Å². The van der Waals surface area contributed by atoms with Crippen LogP contribution in [0.1, 0.15) is 50.5 Å². The Morgan fingerprint density at radius 1 is 1.20 bits per heavy atom. The van der Waals surface area contributed by atoms with Crippen LogP contribution in [-0.4, -0.2) is 45.7 Å². The van der Waals surface area contributed by atoms with E-state index in [1.807, 2.05) is 23.1 Å². The molecule has 30 heavy (non-hydrogen) atoms. The van der Waals surface area contributed by atoms with Crippen molar-refractivity contribution in [1.29, 1.82) is 0 Å². The summed E-state index contributed by atoms with van der Waals surface area (Å²) in [5, 5.41) is 11.0. The number of aliphatic hydroxyl groups excluding tert-OH is 1. The van der Waals surface area contributed by atoms with Crippen molar-refractivity contribution in [1.82, 2.24) is 9.88 Å². The van der Waals surface area contributed by atoms with Gasteiger partial charge in [-0.05, 0) is 61.8 Å². The van der Waals surface area contributed by atoms with Crippen LogP contribution < -0.4 is 0 Å². The number of carbonyl (C=O) groups excluding carboxylic acids is 1. The Morgan fingerprint density at radius 3 is 2.70 bits per heavy atom. The lowest BCUT2D eigenvalue weighted by Crippen LogP contribution is -2.40. The molecule has 7 heteroatoms. The number of pyridine rings is 1. The molecule has 1 aromatic rings. The molecule has 0 radical (unpaired) electrons. The predicted molar refractivity (Wildman–Crippen MR) is 117 cm³/mol. The smallest absolute Gasteiger partial charge is 0.226 e. The highest BCUT2D eigenvalue weighted by Gasteiger charge is 2.38. The van der Waals surface area contributed by atoms with Crippen molar-refractivity contribution in [2.75, 3.05) is 6.54 Å². The number of nitrogens with zero attached hydrogens (tertiary/aromatic N) is 2. The van der Waals surface area contributed by atoms with Crippen molar-refractivity contribution in [3.63, 3.8) is 0 Å². The van der Waals surface area contributed by atoms with Gasteiger partial charge in [-0.3, -0.25) is 9.78 Å². The number of aromatic nitrogens is 1. The van der Waals surface area contributed by atoms with E-state index in [2.05, 4.69) is 4.98 Å². The maximum absolute atomic E-state index is 13.0. The van der Waals surface area contributed by atoms with Gasteiger partial charge < -0.3 is 14.7 Å². The lowest BCUT2D eigenvalue weighted by atomic mass is 9.91. The summed E-state index contributed by atoms with van der Waals surface area (Å²) in [5.41, 5.74) is 1.87. The molecule has 1 saturated heterocycles. The zero-order chi connectivity index (χ0) is 21.1. The van der Waals surface area contributed by atoms with E-state index >= 15 is 0 Å². The molecular formula is C23H28Cl2N2O3. The second-order valence-corrected chi connectivity index (χ2v) is 9.36. The fourth-order valence-corrected chi connectivity index (χ4v) is 5.40. The number of carbonyl (C=O) groups is 1. The third-order valence-electron chi connectivity index (χ3n) is 6.42. The van der Waals surface area contributed by atoms with Crippen LogP contribution in [0.4, 0.5) is 0 Å². The van der Waals surface area contributed by atoms with E-state index in [1.165, 1.54) is 0 Å². The molecule has 1 saturated carbocycles. The van der Waals surface area contributed by atoms with E-state index in [0.29, 0.717) is 29.5 Å². The number of allylic oxidation sites excluding steroid dienone is 2. The highest BCUT2D eigenvalue weighted by molar-refractivity contribution is 6.36. The van der Waals surface area contributed by atoms with Gasteiger partial charge in [0.15, 0.2) is 0 Å². The number of aliphatic hydroxyl groups is 1. The number of ether oxygens (including phenoxy) is 1. The minimum Gasteiger partial charge on any atom is -0.393 e. The molecule has 4 rings (SSSR count). The number of hydrogen-bond acceptors (Lipinski definition) is 4. The van der Waals surface area contributed by atoms with Gasteiger partial charge in [0, 0.05) is 47.4 Å². The molecule has 0 spiro atoms. The van der Waals surface area contributed by atoms with Gasteiger partial charge in [0.05, 0.1) is 18.8 Å². The number of hydrogen-bond donors (Lipinski definition) is 1. The van der Waals surface area contributed by atoms with Gasteiger partial charge in [0.2, 0.25) is 5.91 Å². The minimum atomic E-state index is -0.210. The average molecular weight is 451 g/mol. The lowest BCUT2D eigenvalue weighted by Gasteiger charge is -2.33. The van der Waals surface area contributed by atoms with Crippen LogP contribution in [0.25, 0.3) is 0 Å². The van der Waals surface area contributed by atoms with Crippen LogP contribution in [0.3, 0.4) is 0 Å². The zero-order valence-electron chi connectivity index (χ0n) is 17.0. The Kier molecular flexibility index (Phi) is 7.14. The molecule has 2 unspecified atom stereocenters. The topological polar surface area (TPSA) is 62.7 Å². The molecule has 2 aliphatic carbocycles. The van der Waals surface area contributed by atoms with Crippen LogP contribution in [0.15, 0.2) is 46.2 Å². The van der Waals surface area contributed by atoms with E-state index in [0.717, 1.165) is 49.8 Å². The Balaban J connectivity index is 1.33. The molecule has 1 aromatic heterocycles. The van der Waals surface area contributed by atoms with Crippen molar-refractivity contribution < 1.29 is 14.6 Å². The Bertz CT molecular complexity index is 819. The molecule has 162 valence electrons. The first-order valence-electron chi connectivity index (χ1n) is 10.8. The van der Waals surface area contributed by atoms with Gasteiger partial charge in [-0.1, -0.05) is 29.3 Å². The molecule has 1 amide bonds. The van der Waals surface area contributed by atoms with E-state index in [-0.39, 0.29) is 30.1 Å². The Labute approximate surface area is 187 Å². The Morgan fingerprint density at radius 2 is 2.00 bits per heavy atom. The van der Waals surface area contributed by atoms with Crippen molar-refractivity contribution in [2.24, 2.45) is 5.92 Å². The second kappa shape index (κ2) is 9.82. The van der Waals surface area contributed by atoms with E-state index in [1.54, 1.807) is 12.4 Å². The fraction of sp³-hybridized carbons (Fsp3) is 0.565. The van der Waals surface area contributed by atoms with Crippen LogP contribution in [-0.2, 0) is 16.1 Å². The lowest BCUT2D eigenvalue weighted by molar-refractivity contribution is -0.133. The molecule has 2 heterocycles. The number of likely N-dealkylation sites (tertiary alicyclic amines) is 1. The molecule has 0 bridgehead atoms. The van der Waals surface area contributed by atoms with Gasteiger partial charge in [0.25, 0.3) is 0 Å². The monoisotopic (exact) mass is 450 g/mol. The molecule has 0 aromatic carbocycles. The summed E-state index contributed by atoms with van der Waals surface area (Å²) in [7, 11) is 0. The van der Waals surface area contributed by atoms with Gasteiger partial charge in [-0.15, -0.1) is 0 Å². The quantitative estimate of drug-likeness (QED) is 0.691. The zero-order valence-corrected chi connectivity index (χ0v) is 18.5. The van der Waals surface area contributed by atoms with Gasteiger partial charge >= 0.3 is 0 Å². The van der Waals surface area contributed by atoms with Crippen molar-refractivity contribution in [3.8, 4) is 0 Å². The number of rotatable bonds is 6. The largest absolute Gasteiger partial charge is 0.393 e. The highest BCUT2D eigenvalue weighted by Crippen LogP contribution is 2.39. The van der Waals surface area contributed by atoms with Gasteiger partial charge in [-0.25, -0.2) is 0 Å². The van der Waals surface area contributed by atoms with E-state index in [4.69, 9.17) is 27.9 Å². The van der Waals surface area contributed by atoms with E-state index in [9.17, 15) is 9.90 Å².